The maximum Gasteiger partial charge on any atom is 0.0516 e. The number of hydrogen-bond acceptors (Lipinski definition) is 2. The Morgan fingerprint density at radius 3 is 2.59 bits per heavy atom. The van der Waals surface area contributed by atoms with Crippen molar-refractivity contribution in [3.63, 3.8) is 0 Å². The summed E-state index contributed by atoms with van der Waals surface area (Å²) >= 11 is 2.03. The monoisotopic (exact) mass is 249 g/mol. The van der Waals surface area contributed by atoms with Gasteiger partial charge in [-0.05, 0) is 23.0 Å². The Morgan fingerprint density at radius 1 is 1.29 bits per heavy atom. The molecule has 2 rings (SSSR count). The number of anilines is 1. The molecule has 0 amide bonds. The minimum Gasteiger partial charge on any atom is -0.383 e. The van der Waals surface area contributed by atoms with Crippen molar-refractivity contribution in [2.24, 2.45) is 5.92 Å². The molecule has 17 heavy (non-hydrogen) atoms. The molecule has 94 valence electrons. The topological polar surface area (TPSA) is 12.0 Å². The largest absolute Gasteiger partial charge is 0.383 e. The molecule has 1 aliphatic rings. The van der Waals surface area contributed by atoms with Crippen LogP contribution >= 0.6 is 11.8 Å². The van der Waals surface area contributed by atoms with Crippen molar-refractivity contribution in [3.8, 4) is 0 Å². The third kappa shape index (κ3) is 2.62. The average Bonchev–Trinajstić information content (AvgIpc) is 2.26. The number of thioether (sulfide) groups is 1. The number of fused-ring (bicyclic) bond motifs is 1. The van der Waals surface area contributed by atoms with Crippen molar-refractivity contribution in [3.05, 3.63) is 23.8 Å². The van der Waals surface area contributed by atoms with Crippen molar-refractivity contribution in [1.82, 2.24) is 0 Å². The van der Waals surface area contributed by atoms with E-state index >= 15 is 0 Å². The van der Waals surface area contributed by atoms with E-state index in [1.165, 1.54) is 16.1 Å². The van der Waals surface area contributed by atoms with Crippen molar-refractivity contribution < 1.29 is 0 Å². The van der Waals surface area contributed by atoms with Crippen LogP contribution in [0.3, 0.4) is 0 Å². The summed E-state index contributed by atoms with van der Waals surface area (Å²) in [5.74, 6) is 0.721. The second kappa shape index (κ2) is 4.56. The molecule has 1 aromatic carbocycles. The average molecular weight is 249 g/mol. The first kappa shape index (κ1) is 12.8. The van der Waals surface area contributed by atoms with Gasteiger partial charge in [0, 0.05) is 16.7 Å². The third-order valence-corrected chi connectivity index (χ3v) is 4.94. The van der Waals surface area contributed by atoms with Gasteiger partial charge >= 0.3 is 0 Å². The predicted molar refractivity (Wildman–Crippen MR) is 78.1 cm³/mol. The van der Waals surface area contributed by atoms with Crippen LogP contribution in [0.5, 0.6) is 0 Å². The second-order valence-corrected chi connectivity index (χ2v) is 7.49. The van der Waals surface area contributed by atoms with Crippen molar-refractivity contribution in [2.45, 2.75) is 50.2 Å². The van der Waals surface area contributed by atoms with E-state index in [1.807, 2.05) is 11.8 Å². The van der Waals surface area contributed by atoms with E-state index in [0.717, 1.165) is 12.5 Å². The Morgan fingerprint density at radius 2 is 2.00 bits per heavy atom. The highest BCUT2D eigenvalue weighted by Crippen LogP contribution is 2.42. The van der Waals surface area contributed by atoms with Crippen LogP contribution in [0.2, 0.25) is 0 Å². The van der Waals surface area contributed by atoms with Crippen LogP contribution in [0.1, 0.15) is 40.2 Å². The van der Waals surface area contributed by atoms with Crippen LogP contribution in [-0.2, 0) is 5.41 Å². The smallest absolute Gasteiger partial charge is 0.0516 e. The highest BCUT2D eigenvalue weighted by molar-refractivity contribution is 8.00. The fourth-order valence-corrected chi connectivity index (χ4v) is 3.44. The third-order valence-electron chi connectivity index (χ3n) is 3.34. The summed E-state index contributed by atoms with van der Waals surface area (Å²) in [6, 6.07) is 6.69. The Kier molecular flexibility index (Phi) is 3.44. The van der Waals surface area contributed by atoms with E-state index in [1.54, 1.807) is 0 Å². The van der Waals surface area contributed by atoms with Gasteiger partial charge in [-0.3, -0.25) is 0 Å². The summed E-state index contributed by atoms with van der Waals surface area (Å²) in [4.78, 5) is 1.42. The molecule has 0 saturated carbocycles. The Balaban J connectivity index is 2.36. The minimum atomic E-state index is 0.212. The van der Waals surface area contributed by atoms with Gasteiger partial charge in [-0.15, -0.1) is 11.8 Å². The molecule has 0 spiro atoms. The zero-order valence-electron chi connectivity index (χ0n) is 11.5. The fraction of sp³-hybridized carbons (Fsp3) is 0.600. The molecular formula is C15H23NS. The molecule has 0 aliphatic carbocycles. The zero-order chi connectivity index (χ0) is 12.6. The number of para-hydroxylation sites is 1. The van der Waals surface area contributed by atoms with Crippen LogP contribution in [0.4, 0.5) is 5.69 Å². The van der Waals surface area contributed by atoms with Crippen LogP contribution in [0.25, 0.3) is 0 Å². The zero-order valence-corrected chi connectivity index (χ0v) is 12.3. The van der Waals surface area contributed by atoms with E-state index in [4.69, 9.17) is 0 Å². The van der Waals surface area contributed by atoms with Gasteiger partial charge < -0.3 is 5.32 Å². The summed E-state index contributed by atoms with van der Waals surface area (Å²) in [5, 5.41) is 4.34. The molecule has 1 heterocycles. The van der Waals surface area contributed by atoms with E-state index < -0.39 is 0 Å². The van der Waals surface area contributed by atoms with E-state index in [0.29, 0.717) is 5.25 Å². The predicted octanol–water partition coefficient (Wildman–Crippen LogP) is 4.53. The summed E-state index contributed by atoms with van der Waals surface area (Å²) in [6.45, 7) is 12.5. The summed E-state index contributed by atoms with van der Waals surface area (Å²) in [7, 11) is 0. The highest BCUT2D eigenvalue weighted by atomic mass is 32.2. The lowest BCUT2D eigenvalue weighted by molar-refractivity contribution is 0.585. The highest BCUT2D eigenvalue weighted by Gasteiger charge is 2.26. The van der Waals surface area contributed by atoms with Gasteiger partial charge in [0.1, 0.15) is 0 Å². The number of nitrogens with one attached hydrogen (secondary N) is 1. The molecule has 1 aromatic rings. The molecule has 0 radical (unpaired) electrons. The lowest BCUT2D eigenvalue weighted by atomic mass is 9.85. The molecule has 0 bridgehead atoms. The molecule has 1 nitrogen and oxygen atoms in total. The van der Waals surface area contributed by atoms with Crippen molar-refractivity contribution in [1.29, 1.82) is 0 Å². The molecule has 1 aliphatic heterocycles. The first-order valence-corrected chi connectivity index (χ1v) is 7.31. The van der Waals surface area contributed by atoms with Crippen molar-refractivity contribution in [2.75, 3.05) is 11.9 Å². The van der Waals surface area contributed by atoms with Gasteiger partial charge in [-0.1, -0.05) is 46.8 Å². The maximum absolute atomic E-state index is 3.65. The second-order valence-electron chi connectivity index (χ2n) is 6.21. The van der Waals surface area contributed by atoms with Crippen LogP contribution in [0, 0.1) is 5.92 Å². The lowest BCUT2D eigenvalue weighted by Gasteiger charge is -2.32. The van der Waals surface area contributed by atoms with Crippen LogP contribution < -0.4 is 5.32 Å². The quantitative estimate of drug-likeness (QED) is 0.785. The summed E-state index contributed by atoms with van der Waals surface area (Å²) in [5.41, 5.74) is 3.01. The van der Waals surface area contributed by atoms with Gasteiger partial charge in [0.2, 0.25) is 0 Å². The molecule has 1 atom stereocenters. The van der Waals surface area contributed by atoms with E-state index in [-0.39, 0.29) is 5.41 Å². The van der Waals surface area contributed by atoms with Gasteiger partial charge in [0.05, 0.1) is 5.69 Å². The van der Waals surface area contributed by atoms with E-state index in [2.05, 4.69) is 58.1 Å². The van der Waals surface area contributed by atoms with Crippen LogP contribution in [-0.4, -0.2) is 11.8 Å². The molecule has 2 heteroatoms. The summed E-state index contributed by atoms with van der Waals surface area (Å²) in [6.07, 6.45) is 0. The molecule has 0 fully saturated rings. The number of hydrogen-bond donors (Lipinski definition) is 1. The van der Waals surface area contributed by atoms with Gasteiger partial charge in [-0.2, -0.15) is 0 Å². The number of rotatable bonds is 1. The van der Waals surface area contributed by atoms with Gasteiger partial charge in [0.15, 0.2) is 0 Å². The van der Waals surface area contributed by atoms with Gasteiger partial charge in [-0.25, -0.2) is 0 Å². The molecule has 0 saturated heterocycles. The first-order chi connectivity index (χ1) is 7.89. The molecular weight excluding hydrogens is 226 g/mol. The van der Waals surface area contributed by atoms with Gasteiger partial charge in [0.25, 0.3) is 0 Å². The Bertz CT molecular complexity index is 404. The summed E-state index contributed by atoms with van der Waals surface area (Å²) < 4.78 is 0. The SMILES string of the molecule is CC(C)C1CNc2c(cccc2C(C)(C)C)S1. The maximum atomic E-state index is 3.65. The standard InChI is InChI=1S/C15H23NS/c1-10(2)13-9-16-14-11(15(3,4)5)7-6-8-12(14)17-13/h6-8,10,13,16H,9H2,1-5H3. The van der Waals surface area contributed by atoms with Crippen LogP contribution in [0.15, 0.2) is 23.1 Å². The molecule has 0 aromatic heterocycles. The minimum absolute atomic E-state index is 0.212. The van der Waals surface area contributed by atoms with E-state index in [9.17, 15) is 0 Å². The first-order valence-electron chi connectivity index (χ1n) is 6.43. The number of benzene rings is 1. The Hall–Kier alpha value is -0.630. The Labute approximate surface area is 109 Å². The normalized spacial score (nSPS) is 20.0. The molecule has 1 N–H and O–H groups in total. The molecule has 1 unspecified atom stereocenters. The van der Waals surface area contributed by atoms with Crippen molar-refractivity contribution >= 4 is 17.4 Å². The lowest BCUT2D eigenvalue weighted by Crippen LogP contribution is -2.28. The fourth-order valence-electron chi connectivity index (χ4n) is 2.22.